The predicted octanol–water partition coefficient (Wildman–Crippen LogP) is 3.15. The molecule has 162 valence electrons. The van der Waals surface area contributed by atoms with Crippen LogP contribution in [0.1, 0.15) is 67.8 Å². The number of benzene rings is 1. The van der Waals surface area contributed by atoms with Crippen LogP contribution < -0.4 is 16.0 Å². The maximum atomic E-state index is 12.1. The van der Waals surface area contributed by atoms with Gasteiger partial charge in [-0.05, 0) is 63.0 Å². The fourth-order valence-electron chi connectivity index (χ4n) is 3.53. The van der Waals surface area contributed by atoms with E-state index in [1.165, 1.54) is 38.8 Å². The maximum absolute atomic E-state index is 12.1. The van der Waals surface area contributed by atoms with Gasteiger partial charge in [-0.1, -0.05) is 38.3 Å². The predicted molar refractivity (Wildman–Crippen MR) is 121 cm³/mol. The number of aliphatic imine (C=N–C) groups is 1. The first-order valence-electron chi connectivity index (χ1n) is 11.3. The Kier molecular flexibility index (Phi) is 11.2. The highest BCUT2D eigenvalue weighted by atomic mass is 16.1. The number of nitrogens with zero attached hydrogens (tertiary/aromatic N) is 2. The van der Waals surface area contributed by atoms with Crippen LogP contribution in [0.25, 0.3) is 0 Å². The minimum atomic E-state index is -0.000144. The first kappa shape index (κ1) is 23.2. The van der Waals surface area contributed by atoms with E-state index in [0.717, 1.165) is 50.4 Å². The van der Waals surface area contributed by atoms with Crippen molar-refractivity contribution in [3.8, 4) is 0 Å². The van der Waals surface area contributed by atoms with Gasteiger partial charge in [0.05, 0.1) is 0 Å². The van der Waals surface area contributed by atoms with Gasteiger partial charge < -0.3 is 20.9 Å². The minimum absolute atomic E-state index is 0.000144. The third-order valence-electron chi connectivity index (χ3n) is 5.36. The lowest BCUT2D eigenvalue weighted by Gasteiger charge is -2.20. The number of hydrogen-bond acceptors (Lipinski definition) is 3. The number of rotatable bonds is 10. The van der Waals surface area contributed by atoms with Crippen LogP contribution in [0.3, 0.4) is 0 Å². The van der Waals surface area contributed by atoms with Crippen molar-refractivity contribution in [2.45, 2.75) is 58.4 Å². The second kappa shape index (κ2) is 14.0. The van der Waals surface area contributed by atoms with Crippen LogP contribution in [0, 0.1) is 0 Å². The zero-order chi connectivity index (χ0) is 20.7. The molecular formula is C23H39N5O. The van der Waals surface area contributed by atoms with E-state index >= 15 is 0 Å². The molecule has 1 aromatic carbocycles. The Morgan fingerprint density at radius 3 is 2.31 bits per heavy atom. The molecule has 0 spiro atoms. The normalized spacial score (nSPS) is 15.6. The lowest BCUT2D eigenvalue weighted by molar-refractivity contribution is 0.0953. The lowest BCUT2D eigenvalue weighted by Crippen LogP contribution is -2.38. The van der Waals surface area contributed by atoms with Gasteiger partial charge in [0.15, 0.2) is 5.96 Å². The molecule has 0 aromatic heterocycles. The van der Waals surface area contributed by atoms with Gasteiger partial charge in [0.25, 0.3) is 5.91 Å². The monoisotopic (exact) mass is 401 g/mol. The first-order chi connectivity index (χ1) is 14.2. The number of unbranched alkanes of at least 4 members (excludes halogenated alkanes) is 1. The third-order valence-corrected chi connectivity index (χ3v) is 5.36. The molecule has 0 unspecified atom stereocenters. The molecule has 6 heteroatoms. The molecule has 29 heavy (non-hydrogen) atoms. The number of amides is 1. The van der Waals surface area contributed by atoms with E-state index in [1.807, 2.05) is 24.3 Å². The summed E-state index contributed by atoms with van der Waals surface area (Å²) in [4.78, 5) is 19.0. The van der Waals surface area contributed by atoms with Gasteiger partial charge in [0, 0.05) is 32.2 Å². The Morgan fingerprint density at radius 2 is 1.66 bits per heavy atom. The molecule has 0 bridgehead atoms. The molecule has 0 aliphatic carbocycles. The summed E-state index contributed by atoms with van der Waals surface area (Å²) in [6, 6.07) is 7.76. The quantitative estimate of drug-likeness (QED) is 0.320. The average Bonchev–Trinajstić information content (AvgIpc) is 3.02. The number of nitrogens with one attached hydrogen (secondary N) is 3. The van der Waals surface area contributed by atoms with Gasteiger partial charge in [0.1, 0.15) is 0 Å². The van der Waals surface area contributed by atoms with Crippen molar-refractivity contribution in [3.05, 3.63) is 35.4 Å². The van der Waals surface area contributed by atoms with Crippen LogP contribution in [0.15, 0.2) is 29.3 Å². The van der Waals surface area contributed by atoms with Gasteiger partial charge in [-0.25, -0.2) is 0 Å². The summed E-state index contributed by atoms with van der Waals surface area (Å²) in [5, 5.41) is 9.70. The fourth-order valence-corrected chi connectivity index (χ4v) is 3.53. The molecule has 2 rings (SSSR count). The molecule has 1 heterocycles. The third kappa shape index (κ3) is 9.31. The SMILES string of the molecule is CCCCNC(=O)c1ccc(CNC(=NC)NCCCN2CCCCCC2)cc1. The zero-order valence-electron chi connectivity index (χ0n) is 18.3. The largest absolute Gasteiger partial charge is 0.356 e. The van der Waals surface area contributed by atoms with E-state index in [0.29, 0.717) is 12.1 Å². The van der Waals surface area contributed by atoms with Gasteiger partial charge in [-0.2, -0.15) is 0 Å². The van der Waals surface area contributed by atoms with Crippen molar-refractivity contribution in [3.63, 3.8) is 0 Å². The van der Waals surface area contributed by atoms with E-state index in [9.17, 15) is 4.79 Å². The molecule has 1 saturated heterocycles. The highest BCUT2D eigenvalue weighted by molar-refractivity contribution is 5.94. The highest BCUT2D eigenvalue weighted by Gasteiger charge is 2.08. The molecule has 1 aromatic rings. The highest BCUT2D eigenvalue weighted by Crippen LogP contribution is 2.09. The molecule has 1 fully saturated rings. The fraction of sp³-hybridized carbons (Fsp3) is 0.652. The first-order valence-corrected chi connectivity index (χ1v) is 11.3. The van der Waals surface area contributed by atoms with Crippen molar-refractivity contribution in [1.82, 2.24) is 20.9 Å². The topological polar surface area (TPSA) is 68.8 Å². The van der Waals surface area contributed by atoms with Gasteiger partial charge in [0.2, 0.25) is 0 Å². The summed E-state index contributed by atoms with van der Waals surface area (Å²) in [7, 11) is 1.80. The second-order valence-electron chi connectivity index (χ2n) is 7.77. The van der Waals surface area contributed by atoms with Crippen LogP contribution in [0.4, 0.5) is 0 Å². The molecule has 6 nitrogen and oxygen atoms in total. The molecule has 0 radical (unpaired) electrons. The Hall–Kier alpha value is -2.08. The van der Waals surface area contributed by atoms with E-state index in [2.05, 4.69) is 32.8 Å². The zero-order valence-corrected chi connectivity index (χ0v) is 18.3. The van der Waals surface area contributed by atoms with Crippen LogP contribution in [-0.2, 0) is 6.54 Å². The number of hydrogen-bond donors (Lipinski definition) is 3. The summed E-state index contributed by atoms with van der Waals surface area (Å²) in [5.41, 5.74) is 1.84. The van der Waals surface area contributed by atoms with Gasteiger partial charge in [-0.3, -0.25) is 9.79 Å². The molecular weight excluding hydrogens is 362 g/mol. The average molecular weight is 402 g/mol. The maximum Gasteiger partial charge on any atom is 0.251 e. The van der Waals surface area contributed by atoms with E-state index in [4.69, 9.17) is 0 Å². The summed E-state index contributed by atoms with van der Waals surface area (Å²) in [6.45, 7) is 8.12. The van der Waals surface area contributed by atoms with Crippen LogP contribution in [0.5, 0.6) is 0 Å². The number of carbonyl (C=O) groups is 1. The molecule has 0 saturated carbocycles. The molecule has 1 amide bonds. The smallest absolute Gasteiger partial charge is 0.251 e. The Bertz CT molecular complexity index is 606. The van der Waals surface area contributed by atoms with Crippen molar-refractivity contribution < 1.29 is 4.79 Å². The molecule has 3 N–H and O–H groups in total. The van der Waals surface area contributed by atoms with Gasteiger partial charge >= 0.3 is 0 Å². The number of carbonyl (C=O) groups excluding carboxylic acids is 1. The van der Waals surface area contributed by atoms with E-state index in [-0.39, 0.29) is 5.91 Å². The standard InChI is InChI=1S/C23H39N5O/c1-3-4-14-25-22(29)21-12-10-20(11-13-21)19-27-23(24-2)26-15-9-18-28-16-7-5-6-8-17-28/h10-13H,3-9,14-19H2,1-2H3,(H,25,29)(H2,24,26,27). The van der Waals surface area contributed by atoms with Crippen molar-refractivity contribution >= 4 is 11.9 Å². The van der Waals surface area contributed by atoms with Crippen molar-refractivity contribution in [1.29, 1.82) is 0 Å². The Balaban J connectivity index is 1.65. The number of likely N-dealkylation sites (tertiary alicyclic amines) is 1. The summed E-state index contributed by atoms with van der Waals surface area (Å²) in [6.07, 6.45) is 8.68. The Labute approximate surface area is 176 Å². The summed E-state index contributed by atoms with van der Waals surface area (Å²) >= 11 is 0. The number of guanidine groups is 1. The van der Waals surface area contributed by atoms with Crippen LogP contribution in [-0.4, -0.2) is 56.5 Å². The summed E-state index contributed by atoms with van der Waals surface area (Å²) < 4.78 is 0. The van der Waals surface area contributed by atoms with Crippen LogP contribution in [0.2, 0.25) is 0 Å². The van der Waals surface area contributed by atoms with Crippen molar-refractivity contribution in [2.24, 2.45) is 4.99 Å². The van der Waals surface area contributed by atoms with Crippen LogP contribution >= 0.6 is 0 Å². The molecule has 0 atom stereocenters. The lowest BCUT2D eigenvalue weighted by atomic mass is 10.1. The summed E-state index contributed by atoms with van der Waals surface area (Å²) in [5.74, 6) is 0.821. The van der Waals surface area contributed by atoms with E-state index < -0.39 is 0 Å². The minimum Gasteiger partial charge on any atom is -0.356 e. The Morgan fingerprint density at radius 1 is 0.966 bits per heavy atom. The van der Waals surface area contributed by atoms with Crippen molar-refractivity contribution in [2.75, 3.05) is 39.8 Å². The van der Waals surface area contributed by atoms with E-state index in [1.54, 1.807) is 7.05 Å². The van der Waals surface area contributed by atoms with Gasteiger partial charge in [-0.15, -0.1) is 0 Å². The second-order valence-corrected chi connectivity index (χ2v) is 7.77. The molecule has 1 aliphatic heterocycles. The molecule has 1 aliphatic rings.